The Labute approximate surface area is 120 Å². The number of hydrogen-bond acceptors (Lipinski definition) is 3. The molecule has 1 saturated heterocycles. The number of nitrogens with zero attached hydrogens (tertiary/aromatic N) is 1. The van der Waals surface area contributed by atoms with Crippen LogP contribution in [-0.2, 0) is 6.42 Å². The molecule has 4 nitrogen and oxygen atoms in total. The van der Waals surface area contributed by atoms with Crippen molar-refractivity contribution in [3.05, 3.63) is 29.3 Å². The molecule has 0 aliphatic carbocycles. The van der Waals surface area contributed by atoms with E-state index in [1.807, 2.05) is 30.1 Å². The molecule has 2 heterocycles. The molecule has 1 unspecified atom stereocenters. The summed E-state index contributed by atoms with van der Waals surface area (Å²) in [7, 11) is 1.97. The Balaban J connectivity index is 1.72. The zero-order valence-corrected chi connectivity index (χ0v) is 12.0. The van der Waals surface area contributed by atoms with Crippen LogP contribution in [0.2, 0.25) is 0 Å². The van der Waals surface area contributed by atoms with Crippen molar-refractivity contribution < 1.29 is 9.53 Å². The number of nitrogens with one attached hydrogen (secondary N) is 1. The molecule has 0 spiro atoms. The smallest absolute Gasteiger partial charge is 0.253 e. The van der Waals surface area contributed by atoms with Gasteiger partial charge in [0, 0.05) is 25.1 Å². The third kappa shape index (κ3) is 2.66. The van der Waals surface area contributed by atoms with Crippen LogP contribution < -0.4 is 10.1 Å². The van der Waals surface area contributed by atoms with Crippen LogP contribution in [0.4, 0.5) is 0 Å². The number of carbonyl (C=O) groups is 1. The summed E-state index contributed by atoms with van der Waals surface area (Å²) in [4.78, 5) is 14.6. The summed E-state index contributed by atoms with van der Waals surface area (Å²) in [6, 6.07) is 5.84. The molecule has 1 aromatic rings. The lowest BCUT2D eigenvalue weighted by molar-refractivity contribution is 0.0674. The monoisotopic (exact) mass is 274 g/mol. The van der Waals surface area contributed by atoms with Crippen LogP contribution in [0.15, 0.2) is 18.2 Å². The molecule has 1 fully saturated rings. The van der Waals surface area contributed by atoms with Crippen LogP contribution in [0, 0.1) is 5.92 Å². The zero-order valence-electron chi connectivity index (χ0n) is 12.0. The maximum atomic E-state index is 12.6. The molecule has 2 aliphatic heterocycles. The number of piperidine rings is 1. The average molecular weight is 274 g/mol. The number of rotatable bonds is 3. The van der Waals surface area contributed by atoms with Gasteiger partial charge in [-0.15, -0.1) is 0 Å². The molecule has 0 bridgehead atoms. The molecule has 3 rings (SSSR count). The van der Waals surface area contributed by atoms with E-state index in [0.29, 0.717) is 5.92 Å². The highest BCUT2D eigenvalue weighted by atomic mass is 16.5. The van der Waals surface area contributed by atoms with E-state index in [1.54, 1.807) is 0 Å². The van der Waals surface area contributed by atoms with Gasteiger partial charge >= 0.3 is 0 Å². The molecule has 4 heteroatoms. The van der Waals surface area contributed by atoms with Crippen molar-refractivity contribution in [3.63, 3.8) is 0 Å². The molecule has 2 aliphatic rings. The number of fused-ring (bicyclic) bond motifs is 1. The number of hydrogen-bond donors (Lipinski definition) is 1. The quantitative estimate of drug-likeness (QED) is 0.912. The van der Waals surface area contributed by atoms with Gasteiger partial charge in [0.1, 0.15) is 5.75 Å². The van der Waals surface area contributed by atoms with Crippen LogP contribution in [-0.4, -0.2) is 44.1 Å². The third-order valence-corrected chi connectivity index (χ3v) is 4.24. The molecular weight excluding hydrogens is 252 g/mol. The SMILES string of the molecule is CNCC1CCCN(C(=O)c2ccc3c(c2)CCO3)C1. The predicted octanol–water partition coefficient (Wildman–Crippen LogP) is 1.69. The Hall–Kier alpha value is -1.55. The fraction of sp³-hybridized carbons (Fsp3) is 0.562. The Kier molecular flexibility index (Phi) is 3.92. The van der Waals surface area contributed by atoms with E-state index in [-0.39, 0.29) is 5.91 Å². The van der Waals surface area contributed by atoms with Gasteiger partial charge in [-0.1, -0.05) is 0 Å². The van der Waals surface area contributed by atoms with Crippen molar-refractivity contribution in [3.8, 4) is 5.75 Å². The van der Waals surface area contributed by atoms with Gasteiger partial charge < -0.3 is 15.0 Å². The van der Waals surface area contributed by atoms with E-state index in [2.05, 4.69) is 5.32 Å². The summed E-state index contributed by atoms with van der Waals surface area (Å²) in [6.45, 7) is 3.47. The van der Waals surface area contributed by atoms with Gasteiger partial charge in [0.2, 0.25) is 0 Å². The molecule has 0 saturated carbocycles. The Bertz CT molecular complexity index is 499. The summed E-state index contributed by atoms with van der Waals surface area (Å²) < 4.78 is 5.49. The maximum absolute atomic E-state index is 12.6. The lowest BCUT2D eigenvalue weighted by atomic mass is 9.97. The normalized spacial score (nSPS) is 21.4. The molecular formula is C16H22N2O2. The minimum atomic E-state index is 0.167. The second kappa shape index (κ2) is 5.83. The summed E-state index contributed by atoms with van der Waals surface area (Å²) in [5.74, 6) is 1.68. The van der Waals surface area contributed by atoms with Crippen molar-refractivity contribution >= 4 is 5.91 Å². The van der Waals surface area contributed by atoms with E-state index in [4.69, 9.17) is 4.74 Å². The van der Waals surface area contributed by atoms with E-state index in [0.717, 1.165) is 50.4 Å². The Morgan fingerprint density at radius 2 is 2.40 bits per heavy atom. The second-order valence-corrected chi connectivity index (χ2v) is 5.74. The molecule has 0 radical (unpaired) electrons. The maximum Gasteiger partial charge on any atom is 0.253 e. The highest BCUT2D eigenvalue weighted by Gasteiger charge is 2.25. The van der Waals surface area contributed by atoms with E-state index in [1.165, 1.54) is 12.0 Å². The van der Waals surface area contributed by atoms with Crippen LogP contribution in [0.3, 0.4) is 0 Å². The Morgan fingerprint density at radius 3 is 3.25 bits per heavy atom. The summed E-state index contributed by atoms with van der Waals surface area (Å²) >= 11 is 0. The average Bonchev–Trinajstić information content (AvgIpc) is 2.94. The highest BCUT2D eigenvalue weighted by molar-refractivity contribution is 5.94. The number of amides is 1. The van der Waals surface area contributed by atoms with Gasteiger partial charge in [0.05, 0.1) is 6.61 Å². The molecule has 1 N–H and O–H groups in total. The largest absolute Gasteiger partial charge is 0.493 e. The number of ether oxygens (including phenoxy) is 1. The first-order chi connectivity index (χ1) is 9.78. The first kappa shape index (κ1) is 13.4. The van der Waals surface area contributed by atoms with Crippen LogP contribution >= 0.6 is 0 Å². The zero-order chi connectivity index (χ0) is 13.9. The summed E-state index contributed by atoms with van der Waals surface area (Å²) in [5.41, 5.74) is 1.97. The molecule has 1 atom stereocenters. The number of carbonyl (C=O) groups excluding carboxylic acids is 1. The minimum Gasteiger partial charge on any atom is -0.493 e. The lowest BCUT2D eigenvalue weighted by Crippen LogP contribution is -2.42. The van der Waals surface area contributed by atoms with Gasteiger partial charge in [-0.2, -0.15) is 0 Å². The summed E-state index contributed by atoms with van der Waals surface area (Å²) in [5, 5.41) is 3.22. The third-order valence-electron chi connectivity index (χ3n) is 4.24. The Morgan fingerprint density at radius 1 is 1.50 bits per heavy atom. The predicted molar refractivity (Wildman–Crippen MR) is 78.2 cm³/mol. The minimum absolute atomic E-state index is 0.167. The van der Waals surface area contributed by atoms with Crippen LogP contribution in [0.1, 0.15) is 28.8 Å². The van der Waals surface area contributed by atoms with Gasteiger partial charge in [0.15, 0.2) is 0 Å². The van der Waals surface area contributed by atoms with Crippen LogP contribution in [0.5, 0.6) is 5.75 Å². The standard InChI is InChI=1S/C16H22N2O2/c1-17-10-12-3-2-7-18(11-12)16(19)14-4-5-15-13(9-14)6-8-20-15/h4-5,9,12,17H,2-3,6-8,10-11H2,1H3. The fourth-order valence-corrected chi connectivity index (χ4v) is 3.21. The van der Waals surface area contributed by atoms with E-state index in [9.17, 15) is 4.79 Å². The number of likely N-dealkylation sites (tertiary alicyclic amines) is 1. The molecule has 1 aromatic carbocycles. The van der Waals surface area contributed by atoms with Gasteiger partial charge in [0.25, 0.3) is 5.91 Å². The van der Waals surface area contributed by atoms with Gasteiger partial charge in [-0.25, -0.2) is 0 Å². The van der Waals surface area contributed by atoms with Crippen molar-refractivity contribution in [2.45, 2.75) is 19.3 Å². The summed E-state index contributed by atoms with van der Waals surface area (Å²) in [6.07, 6.45) is 3.23. The number of benzene rings is 1. The van der Waals surface area contributed by atoms with Crippen molar-refractivity contribution in [1.82, 2.24) is 10.2 Å². The molecule has 20 heavy (non-hydrogen) atoms. The van der Waals surface area contributed by atoms with Crippen molar-refractivity contribution in [2.75, 3.05) is 33.3 Å². The second-order valence-electron chi connectivity index (χ2n) is 5.74. The first-order valence-corrected chi connectivity index (χ1v) is 7.47. The molecule has 0 aromatic heterocycles. The topological polar surface area (TPSA) is 41.6 Å². The molecule has 108 valence electrons. The van der Waals surface area contributed by atoms with Gasteiger partial charge in [-0.05, 0) is 56.1 Å². The van der Waals surface area contributed by atoms with Crippen LogP contribution in [0.25, 0.3) is 0 Å². The van der Waals surface area contributed by atoms with Crippen molar-refractivity contribution in [1.29, 1.82) is 0 Å². The first-order valence-electron chi connectivity index (χ1n) is 7.47. The molecule has 1 amide bonds. The highest BCUT2D eigenvalue weighted by Crippen LogP contribution is 2.27. The fourth-order valence-electron chi connectivity index (χ4n) is 3.21. The van der Waals surface area contributed by atoms with E-state index < -0.39 is 0 Å². The van der Waals surface area contributed by atoms with Crippen molar-refractivity contribution in [2.24, 2.45) is 5.92 Å². The lowest BCUT2D eigenvalue weighted by Gasteiger charge is -2.32. The van der Waals surface area contributed by atoms with Gasteiger partial charge in [-0.3, -0.25) is 4.79 Å². The van der Waals surface area contributed by atoms with E-state index >= 15 is 0 Å².